The van der Waals surface area contributed by atoms with Gasteiger partial charge in [-0.1, -0.05) is 18.6 Å². The first kappa shape index (κ1) is 11.9. The summed E-state index contributed by atoms with van der Waals surface area (Å²) in [6.07, 6.45) is 3.23. The van der Waals surface area contributed by atoms with Crippen LogP contribution in [0.3, 0.4) is 0 Å². The molecule has 1 aromatic rings. The maximum atomic E-state index is 9.24. The Kier molecular flexibility index (Phi) is 3.65. The average molecular weight is 230 g/mol. The van der Waals surface area contributed by atoms with Gasteiger partial charge >= 0.3 is 0 Å². The molecule has 2 N–H and O–H groups in total. The van der Waals surface area contributed by atoms with E-state index in [9.17, 15) is 5.11 Å². The zero-order valence-corrected chi connectivity index (χ0v) is 10.1. The summed E-state index contributed by atoms with van der Waals surface area (Å²) in [6, 6.07) is 10.1. The number of nitrogens with one attached hydrogen (secondary N) is 1. The molecule has 0 radical (unpaired) electrons. The highest BCUT2D eigenvalue weighted by Crippen LogP contribution is 2.27. The molecule has 3 unspecified atom stereocenters. The molecule has 0 heterocycles. The highest BCUT2D eigenvalue weighted by atomic mass is 16.3. The first-order chi connectivity index (χ1) is 8.20. The van der Waals surface area contributed by atoms with Gasteiger partial charge in [-0.05, 0) is 37.5 Å². The molecule has 1 aliphatic rings. The van der Waals surface area contributed by atoms with Gasteiger partial charge in [-0.15, -0.1) is 0 Å². The second-order valence-corrected chi connectivity index (χ2v) is 4.75. The van der Waals surface area contributed by atoms with Crippen molar-refractivity contribution in [3.63, 3.8) is 0 Å². The van der Waals surface area contributed by atoms with Crippen LogP contribution in [0.5, 0.6) is 5.75 Å². The van der Waals surface area contributed by atoms with E-state index in [1.807, 2.05) is 12.1 Å². The summed E-state index contributed by atoms with van der Waals surface area (Å²) >= 11 is 0. The van der Waals surface area contributed by atoms with Gasteiger partial charge in [0, 0.05) is 12.1 Å². The fourth-order valence-corrected chi connectivity index (χ4v) is 2.49. The van der Waals surface area contributed by atoms with Crippen molar-refractivity contribution in [3.8, 4) is 11.8 Å². The van der Waals surface area contributed by atoms with Gasteiger partial charge in [-0.3, -0.25) is 0 Å². The van der Waals surface area contributed by atoms with E-state index in [4.69, 9.17) is 5.26 Å². The second kappa shape index (κ2) is 5.20. The Balaban J connectivity index is 1.99. The molecule has 3 nitrogen and oxygen atoms in total. The van der Waals surface area contributed by atoms with Crippen LogP contribution in [0.1, 0.15) is 37.8 Å². The number of benzene rings is 1. The van der Waals surface area contributed by atoms with Crippen LogP contribution < -0.4 is 5.32 Å². The molecule has 1 saturated carbocycles. The predicted octanol–water partition coefficient (Wildman–Crippen LogP) is 2.74. The Morgan fingerprint density at radius 2 is 2.06 bits per heavy atom. The molecule has 17 heavy (non-hydrogen) atoms. The quantitative estimate of drug-likeness (QED) is 0.839. The number of aromatic hydroxyl groups is 1. The summed E-state index contributed by atoms with van der Waals surface area (Å²) in [6.45, 7) is 2.10. The zero-order valence-electron chi connectivity index (χ0n) is 10.1. The fraction of sp³-hybridized carbons (Fsp3) is 0.500. The summed E-state index contributed by atoms with van der Waals surface area (Å²) in [5.41, 5.74) is 1.14. The molecule has 90 valence electrons. The molecular formula is C14H18N2O. The molecule has 1 fully saturated rings. The minimum absolute atomic E-state index is 0.148. The first-order valence-corrected chi connectivity index (χ1v) is 6.15. The molecule has 0 saturated heterocycles. The lowest BCUT2D eigenvalue weighted by Crippen LogP contribution is -2.33. The largest absolute Gasteiger partial charge is 0.508 e. The summed E-state index contributed by atoms with van der Waals surface area (Å²) in [5, 5.41) is 21.8. The van der Waals surface area contributed by atoms with E-state index in [0.29, 0.717) is 6.04 Å². The Morgan fingerprint density at radius 1 is 1.35 bits per heavy atom. The number of hydrogen-bond acceptors (Lipinski definition) is 3. The molecule has 3 atom stereocenters. The Bertz CT molecular complexity index is 407. The van der Waals surface area contributed by atoms with Gasteiger partial charge in [-0.25, -0.2) is 0 Å². The molecule has 0 aliphatic heterocycles. The summed E-state index contributed by atoms with van der Waals surface area (Å²) in [7, 11) is 0. The molecule has 0 amide bonds. The molecule has 0 bridgehead atoms. The van der Waals surface area contributed by atoms with Crippen molar-refractivity contribution in [1.82, 2.24) is 5.32 Å². The SMILES string of the molecule is CC(NC1CCCC1C#N)c1ccc(O)cc1. The zero-order chi connectivity index (χ0) is 12.3. The third-order valence-corrected chi connectivity index (χ3v) is 3.54. The van der Waals surface area contributed by atoms with E-state index >= 15 is 0 Å². The van der Waals surface area contributed by atoms with Crippen molar-refractivity contribution in [2.45, 2.75) is 38.3 Å². The third-order valence-electron chi connectivity index (χ3n) is 3.54. The number of hydrogen-bond donors (Lipinski definition) is 2. The minimum Gasteiger partial charge on any atom is -0.508 e. The molecule has 2 rings (SSSR count). The van der Waals surface area contributed by atoms with E-state index in [2.05, 4.69) is 18.3 Å². The molecule has 0 spiro atoms. The first-order valence-electron chi connectivity index (χ1n) is 6.15. The van der Waals surface area contributed by atoms with Crippen LogP contribution in [0.25, 0.3) is 0 Å². The normalized spacial score (nSPS) is 25.4. The topological polar surface area (TPSA) is 56.0 Å². The van der Waals surface area contributed by atoms with Crippen LogP contribution in [0, 0.1) is 17.2 Å². The monoisotopic (exact) mass is 230 g/mol. The van der Waals surface area contributed by atoms with Crippen LogP contribution in [-0.2, 0) is 0 Å². The lowest BCUT2D eigenvalue weighted by Gasteiger charge is -2.21. The number of phenolic OH excluding ortho intramolecular Hbond substituents is 1. The molecule has 1 aromatic carbocycles. The van der Waals surface area contributed by atoms with Crippen LogP contribution in [-0.4, -0.2) is 11.1 Å². The summed E-state index contributed by atoms with van der Waals surface area (Å²) < 4.78 is 0. The Morgan fingerprint density at radius 3 is 2.71 bits per heavy atom. The van der Waals surface area contributed by atoms with Gasteiger partial charge in [0.05, 0.1) is 12.0 Å². The van der Waals surface area contributed by atoms with E-state index in [1.165, 1.54) is 0 Å². The standard InChI is InChI=1S/C14H18N2O/c1-10(11-5-7-13(17)8-6-11)16-14-4-2-3-12(14)9-15/h5-8,10,12,14,16-17H,2-4H2,1H3. The van der Waals surface area contributed by atoms with Crippen molar-refractivity contribution >= 4 is 0 Å². The average Bonchev–Trinajstić information content (AvgIpc) is 2.77. The highest BCUT2D eigenvalue weighted by molar-refractivity contribution is 5.27. The van der Waals surface area contributed by atoms with Gasteiger partial charge in [0.2, 0.25) is 0 Å². The summed E-state index contributed by atoms with van der Waals surface area (Å²) in [5.74, 6) is 0.436. The molecule has 0 aromatic heterocycles. The highest BCUT2D eigenvalue weighted by Gasteiger charge is 2.28. The maximum Gasteiger partial charge on any atom is 0.115 e. The Labute approximate surface area is 102 Å². The van der Waals surface area contributed by atoms with Crippen LogP contribution >= 0.6 is 0 Å². The van der Waals surface area contributed by atoms with E-state index in [0.717, 1.165) is 24.8 Å². The van der Waals surface area contributed by atoms with Crippen molar-refractivity contribution in [2.24, 2.45) is 5.92 Å². The van der Waals surface area contributed by atoms with E-state index in [-0.39, 0.29) is 17.7 Å². The fourth-order valence-electron chi connectivity index (χ4n) is 2.49. The number of nitrogens with zero attached hydrogens (tertiary/aromatic N) is 1. The van der Waals surface area contributed by atoms with Gasteiger partial charge < -0.3 is 10.4 Å². The maximum absolute atomic E-state index is 9.24. The van der Waals surface area contributed by atoms with Crippen molar-refractivity contribution in [1.29, 1.82) is 5.26 Å². The number of nitriles is 1. The van der Waals surface area contributed by atoms with Crippen molar-refractivity contribution in [2.75, 3.05) is 0 Å². The van der Waals surface area contributed by atoms with Gasteiger partial charge in [0.15, 0.2) is 0 Å². The number of phenols is 1. The molecule has 3 heteroatoms. The summed E-state index contributed by atoms with van der Waals surface area (Å²) in [4.78, 5) is 0. The lowest BCUT2D eigenvalue weighted by atomic mass is 10.0. The Hall–Kier alpha value is -1.53. The number of rotatable bonds is 3. The van der Waals surface area contributed by atoms with Crippen molar-refractivity contribution < 1.29 is 5.11 Å². The van der Waals surface area contributed by atoms with Crippen LogP contribution in [0.15, 0.2) is 24.3 Å². The minimum atomic E-state index is 0.148. The smallest absolute Gasteiger partial charge is 0.115 e. The third kappa shape index (κ3) is 2.78. The predicted molar refractivity (Wildman–Crippen MR) is 66.4 cm³/mol. The van der Waals surface area contributed by atoms with Crippen LogP contribution in [0.2, 0.25) is 0 Å². The van der Waals surface area contributed by atoms with Gasteiger partial charge in [0.25, 0.3) is 0 Å². The van der Waals surface area contributed by atoms with Crippen molar-refractivity contribution in [3.05, 3.63) is 29.8 Å². The second-order valence-electron chi connectivity index (χ2n) is 4.75. The lowest BCUT2D eigenvalue weighted by molar-refractivity contribution is 0.417. The molecular weight excluding hydrogens is 212 g/mol. The van der Waals surface area contributed by atoms with Gasteiger partial charge in [0.1, 0.15) is 5.75 Å². The van der Waals surface area contributed by atoms with Crippen LogP contribution in [0.4, 0.5) is 0 Å². The molecule has 1 aliphatic carbocycles. The van der Waals surface area contributed by atoms with E-state index in [1.54, 1.807) is 12.1 Å². The van der Waals surface area contributed by atoms with Gasteiger partial charge in [-0.2, -0.15) is 5.26 Å². The van der Waals surface area contributed by atoms with E-state index < -0.39 is 0 Å².